The zero-order chi connectivity index (χ0) is 64.4. The summed E-state index contributed by atoms with van der Waals surface area (Å²) in [5.41, 5.74) is 8.20. The minimum absolute atomic E-state index is 0.0143. The van der Waals surface area contributed by atoms with Gasteiger partial charge in [0.25, 0.3) is 0 Å². The average molecular weight is 1230 g/mol. The Morgan fingerprint density at radius 2 is 1.17 bits per heavy atom. The number of nitrogens with one attached hydrogen (secondary N) is 11. The monoisotopic (exact) mass is 1230 g/mol. The summed E-state index contributed by atoms with van der Waals surface area (Å²) in [6, 6.07) is 21.8. The fraction of sp³-hybridized carbons (Fsp3) is 0.387. The number of aldehydes is 1. The number of aromatic hydroxyl groups is 1. The van der Waals surface area contributed by atoms with E-state index in [1.165, 1.54) is 29.2 Å². The van der Waals surface area contributed by atoms with Gasteiger partial charge in [0, 0.05) is 55.7 Å². The van der Waals surface area contributed by atoms with Gasteiger partial charge in [0.05, 0.1) is 32.2 Å². The lowest BCUT2D eigenvalue weighted by Crippen LogP contribution is -2.60. The summed E-state index contributed by atoms with van der Waals surface area (Å²) in [5, 5.41) is 50.0. The number of carbonyl (C=O) groups is 12. The van der Waals surface area contributed by atoms with Crippen LogP contribution in [0.4, 0.5) is 0 Å². The number of phenolic OH excluding ortho intramolecular Hbond substituents is 1. The van der Waals surface area contributed by atoms with Crippen LogP contribution in [0, 0.1) is 5.92 Å². The summed E-state index contributed by atoms with van der Waals surface area (Å²) >= 11 is 0. The molecule has 0 bridgehead atoms. The van der Waals surface area contributed by atoms with Gasteiger partial charge in [-0.25, -0.2) is 15.6 Å². The molecule has 0 unspecified atom stereocenters. The number of likely N-dealkylation sites (tertiary alicyclic amines) is 1. The molecule has 1 aromatic heterocycles. The van der Waals surface area contributed by atoms with Crippen molar-refractivity contribution in [2.75, 3.05) is 32.7 Å². The number of aromatic nitrogens is 1. The van der Waals surface area contributed by atoms with E-state index < -0.39 is 139 Å². The molecule has 9 amide bonds. The number of fused-ring (bicyclic) bond motifs is 1. The Labute approximate surface area is 512 Å². The summed E-state index contributed by atoms with van der Waals surface area (Å²) < 4.78 is 0. The molecule has 6 rings (SSSR count). The van der Waals surface area contributed by atoms with Crippen molar-refractivity contribution >= 4 is 82.3 Å². The zero-order valence-corrected chi connectivity index (χ0v) is 49.3. The van der Waals surface area contributed by atoms with Gasteiger partial charge in [-0.3, -0.25) is 47.9 Å². The molecule has 8 atom stereocenters. The van der Waals surface area contributed by atoms with E-state index in [0.29, 0.717) is 41.4 Å². The number of para-hydroxylation sites is 1. The minimum atomic E-state index is -1.38. The quantitative estimate of drug-likeness (QED) is 0.0181. The van der Waals surface area contributed by atoms with Gasteiger partial charge in [-0.1, -0.05) is 111 Å². The number of carbonyl (C=O) groups excluding carboxylic acids is 10. The van der Waals surface area contributed by atoms with E-state index in [9.17, 15) is 63.0 Å². The highest BCUT2D eigenvalue weighted by Crippen LogP contribution is 2.23. The van der Waals surface area contributed by atoms with Gasteiger partial charge < -0.3 is 72.5 Å². The Morgan fingerprint density at radius 3 is 1.80 bits per heavy atom. The van der Waals surface area contributed by atoms with Crippen molar-refractivity contribution < 1.29 is 72.9 Å². The molecule has 27 heteroatoms. The van der Waals surface area contributed by atoms with Crippen LogP contribution < -0.4 is 53.4 Å². The number of carboxylic acids is 2. The molecular formula is C62H76N12O15. The lowest BCUT2D eigenvalue weighted by atomic mass is 9.96. The van der Waals surface area contributed by atoms with Gasteiger partial charge in [0.1, 0.15) is 48.3 Å². The van der Waals surface area contributed by atoms with Gasteiger partial charge in [0.15, 0.2) is 0 Å². The number of benzene rings is 4. The average Bonchev–Trinajstić information content (AvgIpc) is 2.82. The summed E-state index contributed by atoms with van der Waals surface area (Å²) in [6.45, 7) is 1.31. The second kappa shape index (κ2) is 34.4. The molecule has 0 saturated carbocycles. The van der Waals surface area contributed by atoms with E-state index >= 15 is 4.79 Å². The zero-order valence-electron chi connectivity index (χ0n) is 49.3. The third-order valence-electron chi connectivity index (χ3n) is 14.9. The van der Waals surface area contributed by atoms with Crippen LogP contribution in [0.3, 0.4) is 0 Å². The maximum absolute atomic E-state index is 15.1. The summed E-state index contributed by atoms with van der Waals surface area (Å²) in [5.74, 6) is -9.79. The lowest BCUT2D eigenvalue weighted by Gasteiger charge is -2.31. The standard InChI is InChI=1S/C62H76N12O15/c1-3-37(2)56(72-54(80)34-65-52(78)35-67-73-42(36-75)22-25-55(81)82)60(86)70-47(30-41-31-63-45-18-11-10-17-44(41)45)58(84)71-48(28-38-13-6-4-7-14-38)61(87)74-26-12-19-50(74)59(85)69-46(27-40-20-23-43(76)24-21-40)57(83)66-32-51(77)64-33-53(79)68-49(62(88)89)29-39-15-8-5-9-16-39/h4-11,13-18,20-21,23-24,31,36-37,42,46-50,56,63,67,73,76H,3,12,19,22,25-30,32-35H2,1-2H3,(H,64,77)(H,65,78)(H,66,83)(H,68,79)(H,69,85)(H,70,86)(H,71,84)(H,72,80)(H,81,82)(H,88,89)/t37-,42-,46-,47-,48-,49-,50-,56-/m0/s1. The van der Waals surface area contributed by atoms with Crippen molar-refractivity contribution in [2.45, 2.75) is 114 Å². The number of nitrogens with zero attached hydrogens (tertiary/aromatic N) is 1. The van der Waals surface area contributed by atoms with Crippen LogP contribution in [0.25, 0.3) is 10.9 Å². The van der Waals surface area contributed by atoms with Crippen LogP contribution in [-0.2, 0) is 83.2 Å². The van der Waals surface area contributed by atoms with E-state index in [1.807, 2.05) is 18.2 Å². The van der Waals surface area contributed by atoms with E-state index in [1.54, 1.807) is 86.8 Å². The van der Waals surface area contributed by atoms with Crippen LogP contribution in [0.15, 0.2) is 115 Å². The van der Waals surface area contributed by atoms with Crippen LogP contribution in [-0.4, -0.2) is 172 Å². The molecule has 474 valence electrons. The second-order valence-electron chi connectivity index (χ2n) is 21.5. The Bertz CT molecular complexity index is 3270. The first-order chi connectivity index (χ1) is 42.7. The number of carboxylic acid groups (broad SMARTS) is 2. The summed E-state index contributed by atoms with van der Waals surface area (Å²) in [4.78, 5) is 163. The highest BCUT2D eigenvalue weighted by atomic mass is 16.4. The molecule has 4 aromatic carbocycles. The maximum atomic E-state index is 15.1. The fourth-order valence-corrected chi connectivity index (χ4v) is 9.87. The molecule has 0 aliphatic carbocycles. The number of aromatic amines is 1. The first kappa shape index (κ1) is 68.1. The molecule has 14 N–H and O–H groups in total. The predicted molar refractivity (Wildman–Crippen MR) is 322 cm³/mol. The smallest absolute Gasteiger partial charge is 0.326 e. The van der Waals surface area contributed by atoms with Gasteiger partial charge in [-0.05, 0) is 65.6 Å². The van der Waals surface area contributed by atoms with Gasteiger partial charge in [-0.2, -0.15) is 0 Å². The van der Waals surface area contributed by atoms with Gasteiger partial charge in [-0.15, -0.1) is 0 Å². The van der Waals surface area contributed by atoms with Gasteiger partial charge >= 0.3 is 11.9 Å². The third-order valence-corrected chi connectivity index (χ3v) is 14.9. The highest BCUT2D eigenvalue weighted by Gasteiger charge is 2.40. The Kier molecular flexibility index (Phi) is 26.3. The third kappa shape index (κ3) is 21.7. The molecular weight excluding hydrogens is 1150 g/mol. The minimum Gasteiger partial charge on any atom is -0.508 e. The normalized spacial score (nSPS) is 15.1. The Morgan fingerprint density at radius 1 is 0.607 bits per heavy atom. The lowest BCUT2D eigenvalue weighted by molar-refractivity contribution is -0.142. The molecule has 0 radical (unpaired) electrons. The van der Waals surface area contributed by atoms with Crippen molar-refractivity contribution in [1.82, 2.24) is 63.3 Å². The van der Waals surface area contributed by atoms with Crippen molar-refractivity contribution in [3.63, 3.8) is 0 Å². The molecule has 1 aliphatic rings. The van der Waals surface area contributed by atoms with E-state index in [-0.39, 0.29) is 57.2 Å². The number of phenols is 1. The molecule has 5 aromatic rings. The molecule has 2 heterocycles. The number of H-pyrrole nitrogens is 1. The van der Waals surface area contributed by atoms with E-state index in [2.05, 4.69) is 58.4 Å². The Hall–Kier alpha value is -10.0. The van der Waals surface area contributed by atoms with E-state index in [0.717, 1.165) is 10.9 Å². The SMILES string of the molecule is CC[C@H](C)[C@H](NC(=O)CNC(=O)CNN[C@H](C=O)CCC(=O)O)C(=O)N[C@@H](Cc1c[nH]c2ccccc12)C(=O)N[C@@H](Cc1ccccc1)C(=O)N1CCC[C@H]1C(=O)N[C@@H](Cc1ccc(O)cc1)C(=O)NCC(=O)NCC(=O)N[C@@H](Cc1ccccc1)C(=O)O. The topological polar surface area (TPSA) is 405 Å². The second-order valence-corrected chi connectivity index (χ2v) is 21.5. The van der Waals surface area contributed by atoms with Crippen LogP contribution in [0.2, 0.25) is 0 Å². The van der Waals surface area contributed by atoms with Crippen LogP contribution in [0.1, 0.15) is 68.2 Å². The number of hydrogen-bond donors (Lipinski definition) is 14. The van der Waals surface area contributed by atoms with E-state index in [4.69, 9.17) is 5.11 Å². The first-order valence-corrected chi connectivity index (χ1v) is 29.1. The number of hydrazine groups is 1. The number of rotatable bonds is 35. The summed E-state index contributed by atoms with van der Waals surface area (Å²) in [6.07, 6.45) is 2.38. The van der Waals surface area contributed by atoms with Crippen molar-refractivity contribution in [1.29, 1.82) is 0 Å². The maximum Gasteiger partial charge on any atom is 0.326 e. The van der Waals surface area contributed by atoms with Crippen molar-refractivity contribution in [3.8, 4) is 5.75 Å². The van der Waals surface area contributed by atoms with Crippen LogP contribution in [0.5, 0.6) is 5.75 Å². The van der Waals surface area contributed by atoms with Gasteiger partial charge in [0.2, 0.25) is 53.2 Å². The number of aliphatic carboxylic acids is 2. The van der Waals surface area contributed by atoms with Crippen LogP contribution >= 0.6 is 0 Å². The number of hydrogen-bond acceptors (Lipinski definition) is 15. The summed E-state index contributed by atoms with van der Waals surface area (Å²) in [7, 11) is 0. The van der Waals surface area contributed by atoms with Crippen molar-refractivity contribution in [2.24, 2.45) is 5.92 Å². The highest BCUT2D eigenvalue weighted by molar-refractivity contribution is 5.98. The molecule has 1 aliphatic heterocycles. The largest absolute Gasteiger partial charge is 0.508 e. The molecule has 27 nitrogen and oxygen atoms in total. The molecule has 89 heavy (non-hydrogen) atoms. The molecule has 0 spiro atoms. The number of amides is 9. The molecule has 1 fully saturated rings. The predicted octanol–water partition coefficient (Wildman–Crippen LogP) is -0.435. The van der Waals surface area contributed by atoms with Crippen molar-refractivity contribution in [3.05, 3.63) is 138 Å². The first-order valence-electron chi connectivity index (χ1n) is 29.1. The molecule has 1 saturated heterocycles. The Balaban J connectivity index is 1.16. The fourth-order valence-electron chi connectivity index (χ4n) is 9.87.